The summed E-state index contributed by atoms with van der Waals surface area (Å²) in [6.07, 6.45) is 3.61. The molecule has 3 N–H and O–H groups in total. The van der Waals surface area contributed by atoms with Gasteiger partial charge in [-0.3, -0.25) is 9.78 Å². The van der Waals surface area contributed by atoms with Gasteiger partial charge >= 0.3 is 5.97 Å². The summed E-state index contributed by atoms with van der Waals surface area (Å²) in [6, 6.07) is 21.0. The molecule has 1 aliphatic heterocycles. The van der Waals surface area contributed by atoms with Crippen LogP contribution in [0.2, 0.25) is 0 Å². The highest BCUT2D eigenvalue weighted by molar-refractivity contribution is 7.80. The quantitative estimate of drug-likeness (QED) is 0.258. The molecule has 1 aliphatic rings. The second-order valence-corrected chi connectivity index (χ2v) is 9.41. The van der Waals surface area contributed by atoms with Gasteiger partial charge < -0.3 is 34.7 Å². The molecule has 0 spiro atoms. The number of hydrogen-bond acceptors (Lipinski definition) is 6. The van der Waals surface area contributed by atoms with Gasteiger partial charge in [0.25, 0.3) is 0 Å². The summed E-state index contributed by atoms with van der Waals surface area (Å²) in [5.41, 5.74) is 3.69. The Morgan fingerprint density at radius 1 is 1.05 bits per heavy atom. The second kappa shape index (κ2) is 11.6. The number of carbonyl (C=O) groups excluding carboxylic acids is 1. The average Bonchev–Trinajstić information content (AvgIpc) is 3.58. The van der Waals surface area contributed by atoms with Crippen LogP contribution in [0.5, 0.6) is 5.75 Å². The van der Waals surface area contributed by atoms with Crippen molar-refractivity contribution in [2.45, 2.75) is 12.1 Å². The molecule has 1 amide bonds. The Kier molecular flexibility index (Phi) is 7.76. The summed E-state index contributed by atoms with van der Waals surface area (Å²) < 4.78 is 12.4. The molecule has 204 valence electrons. The minimum absolute atomic E-state index is 0.107. The van der Waals surface area contributed by atoms with Crippen molar-refractivity contribution in [2.24, 2.45) is 0 Å². The number of aromatic nitrogens is 2. The molecule has 1 saturated heterocycles. The molecule has 0 aliphatic carbocycles. The van der Waals surface area contributed by atoms with Crippen LogP contribution in [0, 0.1) is 0 Å². The Hall–Kier alpha value is -4.74. The van der Waals surface area contributed by atoms with E-state index in [0.29, 0.717) is 27.9 Å². The number of carboxylic acids is 1. The van der Waals surface area contributed by atoms with E-state index in [1.54, 1.807) is 36.5 Å². The summed E-state index contributed by atoms with van der Waals surface area (Å²) in [5.74, 6) is -0.846. The van der Waals surface area contributed by atoms with Crippen molar-refractivity contribution in [1.29, 1.82) is 0 Å². The Balaban J connectivity index is 1.64. The number of amides is 1. The predicted octanol–water partition coefficient (Wildman–Crippen LogP) is 4.34. The third kappa shape index (κ3) is 5.24. The topological polar surface area (TPSA) is 118 Å². The largest absolute Gasteiger partial charge is 0.495 e. The van der Waals surface area contributed by atoms with Crippen molar-refractivity contribution in [1.82, 2.24) is 14.9 Å². The number of carbonyl (C=O) groups is 2. The number of nitrogens with one attached hydrogen (secondary N) is 2. The predicted molar refractivity (Wildman–Crippen MR) is 154 cm³/mol. The van der Waals surface area contributed by atoms with Gasteiger partial charge in [-0.25, -0.2) is 4.79 Å². The maximum absolute atomic E-state index is 12.3. The molecule has 2 atom stereocenters. The summed E-state index contributed by atoms with van der Waals surface area (Å²) in [5, 5.41) is 16.3. The van der Waals surface area contributed by atoms with E-state index in [0.717, 1.165) is 11.4 Å². The number of pyridine rings is 1. The first-order chi connectivity index (χ1) is 19.4. The lowest BCUT2D eigenvalue weighted by Crippen LogP contribution is -2.30. The molecular formula is C29H27N5O5S. The number of ether oxygens (including phenoxy) is 2. The number of anilines is 2. The molecule has 2 aromatic heterocycles. The summed E-state index contributed by atoms with van der Waals surface area (Å²) >= 11 is 5.86. The highest BCUT2D eigenvalue weighted by Gasteiger charge is 2.42. The Morgan fingerprint density at radius 3 is 2.62 bits per heavy atom. The van der Waals surface area contributed by atoms with Gasteiger partial charge in [-0.1, -0.05) is 12.1 Å². The number of hydrogen-bond donors (Lipinski definition) is 3. The normalized spacial score (nSPS) is 16.4. The van der Waals surface area contributed by atoms with Gasteiger partial charge in [0.15, 0.2) is 5.11 Å². The van der Waals surface area contributed by atoms with Crippen molar-refractivity contribution in [3.8, 4) is 11.4 Å². The summed E-state index contributed by atoms with van der Waals surface area (Å²) in [7, 11) is 2.98. The number of methoxy groups -OCH3 is 2. The van der Waals surface area contributed by atoms with Crippen LogP contribution < -0.4 is 20.3 Å². The van der Waals surface area contributed by atoms with Crippen LogP contribution in [-0.4, -0.2) is 52.5 Å². The highest BCUT2D eigenvalue weighted by Crippen LogP contribution is 2.43. The lowest BCUT2D eigenvalue weighted by atomic mass is 10.0. The molecule has 2 unspecified atom stereocenters. The van der Waals surface area contributed by atoms with Crippen molar-refractivity contribution in [2.75, 3.05) is 31.0 Å². The smallest absolute Gasteiger partial charge is 0.335 e. The molecule has 11 heteroatoms. The third-order valence-corrected chi connectivity index (χ3v) is 6.88. The molecular weight excluding hydrogens is 530 g/mol. The molecule has 0 saturated carbocycles. The van der Waals surface area contributed by atoms with E-state index in [9.17, 15) is 14.7 Å². The van der Waals surface area contributed by atoms with Crippen LogP contribution in [0.1, 0.15) is 33.8 Å². The lowest BCUT2D eigenvalue weighted by molar-refractivity contribution is -0.119. The average molecular weight is 558 g/mol. The first kappa shape index (κ1) is 26.9. The Morgan fingerprint density at radius 2 is 1.90 bits per heavy atom. The molecule has 2 aromatic carbocycles. The van der Waals surface area contributed by atoms with Gasteiger partial charge in [-0.2, -0.15) is 0 Å². The molecule has 3 heterocycles. The van der Waals surface area contributed by atoms with Gasteiger partial charge in [0, 0.05) is 36.6 Å². The van der Waals surface area contributed by atoms with E-state index in [-0.39, 0.29) is 30.2 Å². The lowest BCUT2D eigenvalue weighted by Gasteiger charge is -2.29. The fourth-order valence-electron chi connectivity index (χ4n) is 4.85. The number of benzene rings is 2. The van der Waals surface area contributed by atoms with Crippen molar-refractivity contribution in [3.63, 3.8) is 0 Å². The number of thiocarbonyl (C=S) groups is 1. The molecule has 0 radical (unpaired) electrons. The van der Waals surface area contributed by atoms with E-state index >= 15 is 0 Å². The van der Waals surface area contributed by atoms with Crippen LogP contribution in [0.25, 0.3) is 5.69 Å². The zero-order valence-corrected chi connectivity index (χ0v) is 22.6. The highest BCUT2D eigenvalue weighted by atomic mass is 32.1. The molecule has 40 heavy (non-hydrogen) atoms. The van der Waals surface area contributed by atoms with Crippen LogP contribution in [-0.2, 0) is 9.53 Å². The second-order valence-electron chi connectivity index (χ2n) is 9.02. The standard InChI is InChI=1S/C29H27N5O5S/c1-38-17-25(35)31-22-16-20(11-12-24(22)39-2)34-27(26(32-29(34)40)21-9-3-4-13-30-21)23-10-6-14-33(23)19-8-5-7-18(15-19)28(36)37/h3-16,26-27H,17H2,1-2H3,(H,31,35)(H,32,40)(H,36,37). The molecule has 5 rings (SSSR count). The van der Waals surface area contributed by atoms with Crippen LogP contribution in [0.15, 0.2) is 85.2 Å². The fourth-order valence-corrected chi connectivity index (χ4v) is 5.20. The third-order valence-electron chi connectivity index (χ3n) is 6.56. The maximum atomic E-state index is 12.3. The van der Waals surface area contributed by atoms with E-state index in [1.165, 1.54) is 14.2 Å². The van der Waals surface area contributed by atoms with Crippen LogP contribution in [0.3, 0.4) is 0 Å². The van der Waals surface area contributed by atoms with E-state index in [1.807, 2.05) is 58.1 Å². The Bertz CT molecular complexity index is 1560. The van der Waals surface area contributed by atoms with Crippen molar-refractivity contribution >= 4 is 40.6 Å². The minimum atomic E-state index is -1.01. The van der Waals surface area contributed by atoms with E-state index < -0.39 is 5.97 Å². The zero-order chi connectivity index (χ0) is 28.2. The SMILES string of the molecule is COCC(=O)Nc1cc(N2C(=S)NC(c3ccccn3)C2c2cccn2-c2cccc(C(=O)O)c2)ccc1OC. The molecule has 10 nitrogen and oxygen atoms in total. The number of nitrogens with zero attached hydrogens (tertiary/aromatic N) is 3. The first-order valence-electron chi connectivity index (χ1n) is 12.4. The Labute approximate surface area is 236 Å². The van der Waals surface area contributed by atoms with Gasteiger partial charge in [0.1, 0.15) is 18.4 Å². The van der Waals surface area contributed by atoms with Gasteiger partial charge in [0.05, 0.1) is 30.1 Å². The van der Waals surface area contributed by atoms with Gasteiger partial charge in [-0.15, -0.1) is 0 Å². The number of aromatic carboxylic acids is 1. The van der Waals surface area contributed by atoms with Crippen LogP contribution >= 0.6 is 12.2 Å². The number of carboxylic acid groups (broad SMARTS) is 1. The molecule has 4 aromatic rings. The molecule has 0 bridgehead atoms. The fraction of sp³-hybridized carbons (Fsp3) is 0.172. The summed E-state index contributed by atoms with van der Waals surface area (Å²) in [4.78, 5) is 30.6. The summed E-state index contributed by atoms with van der Waals surface area (Å²) in [6.45, 7) is -0.107. The maximum Gasteiger partial charge on any atom is 0.335 e. The van der Waals surface area contributed by atoms with Crippen molar-refractivity contribution < 1.29 is 24.2 Å². The van der Waals surface area contributed by atoms with E-state index in [4.69, 9.17) is 21.7 Å². The van der Waals surface area contributed by atoms with Gasteiger partial charge in [0.2, 0.25) is 5.91 Å². The van der Waals surface area contributed by atoms with E-state index in [2.05, 4.69) is 15.6 Å². The zero-order valence-electron chi connectivity index (χ0n) is 21.8. The number of rotatable bonds is 9. The van der Waals surface area contributed by atoms with Crippen LogP contribution in [0.4, 0.5) is 11.4 Å². The van der Waals surface area contributed by atoms with Gasteiger partial charge in [-0.05, 0) is 72.9 Å². The molecule has 1 fully saturated rings. The monoisotopic (exact) mass is 557 g/mol. The first-order valence-corrected chi connectivity index (χ1v) is 12.8. The minimum Gasteiger partial charge on any atom is -0.495 e. The van der Waals surface area contributed by atoms with Crippen molar-refractivity contribution in [3.05, 3.63) is 102 Å².